The van der Waals surface area contributed by atoms with Crippen molar-refractivity contribution >= 4 is 9.84 Å². The topological polar surface area (TPSA) is 46.2 Å². The average molecular weight is 217 g/mol. The molecule has 1 aliphatic carbocycles. The SMILES string of the molecule is CC1CC1CNC1CCS(=O)(=O)C1C. The molecule has 1 saturated heterocycles. The zero-order chi connectivity index (χ0) is 10.3. The Bertz CT molecular complexity index is 312. The van der Waals surface area contributed by atoms with E-state index in [2.05, 4.69) is 12.2 Å². The van der Waals surface area contributed by atoms with Crippen LogP contribution in [-0.2, 0) is 9.84 Å². The molecule has 4 atom stereocenters. The summed E-state index contributed by atoms with van der Waals surface area (Å²) in [4.78, 5) is 0. The minimum atomic E-state index is -2.78. The van der Waals surface area contributed by atoms with Crippen molar-refractivity contribution < 1.29 is 8.42 Å². The second kappa shape index (κ2) is 3.49. The van der Waals surface area contributed by atoms with Crippen molar-refractivity contribution in [1.29, 1.82) is 0 Å². The first-order valence-electron chi connectivity index (χ1n) is 5.45. The van der Waals surface area contributed by atoms with Gasteiger partial charge in [-0.25, -0.2) is 8.42 Å². The first kappa shape index (κ1) is 10.4. The van der Waals surface area contributed by atoms with E-state index < -0.39 is 9.84 Å². The van der Waals surface area contributed by atoms with Gasteiger partial charge in [0.2, 0.25) is 0 Å². The molecule has 2 rings (SSSR count). The standard InChI is InChI=1S/C10H19NO2S/c1-7-5-9(7)6-11-10-3-4-14(12,13)8(10)2/h7-11H,3-6H2,1-2H3. The summed E-state index contributed by atoms with van der Waals surface area (Å²) < 4.78 is 22.9. The van der Waals surface area contributed by atoms with E-state index in [1.165, 1.54) is 6.42 Å². The van der Waals surface area contributed by atoms with E-state index in [0.29, 0.717) is 5.75 Å². The molecule has 4 unspecified atom stereocenters. The van der Waals surface area contributed by atoms with Crippen LogP contribution in [0.4, 0.5) is 0 Å². The van der Waals surface area contributed by atoms with Crippen molar-refractivity contribution in [2.75, 3.05) is 12.3 Å². The van der Waals surface area contributed by atoms with Crippen LogP contribution in [0, 0.1) is 11.8 Å². The summed E-state index contributed by atoms with van der Waals surface area (Å²) in [5.74, 6) is 2.01. The van der Waals surface area contributed by atoms with Gasteiger partial charge < -0.3 is 5.32 Å². The number of nitrogens with one attached hydrogen (secondary N) is 1. The molecule has 0 amide bonds. The van der Waals surface area contributed by atoms with Gasteiger partial charge in [0, 0.05) is 6.04 Å². The van der Waals surface area contributed by atoms with Crippen molar-refractivity contribution in [2.24, 2.45) is 11.8 Å². The van der Waals surface area contributed by atoms with Crippen LogP contribution in [0.1, 0.15) is 26.7 Å². The molecule has 4 heteroatoms. The lowest BCUT2D eigenvalue weighted by Gasteiger charge is -2.15. The number of hydrogen-bond donors (Lipinski definition) is 1. The van der Waals surface area contributed by atoms with E-state index in [9.17, 15) is 8.42 Å². The third-order valence-electron chi connectivity index (χ3n) is 3.76. The second-order valence-corrected chi connectivity index (χ2v) is 7.33. The van der Waals surface area contributed by atoms with Crippen LogP contribution in [0.3, 0.4) is 0 Å². The van der Waals surface area contributed by atoms with Gasteiger partial charge in [-0.05, 0) is 38.1 Å². The molecular formula is C10H19NO2S. The van der Waals surface area contributed by atoms with E-state index in [4.69, 9.17) is 0 Å². The minimum Gasteiger partial charge on any atom is -0.312 e. The van der Waals surface area contributed by atoms with E-state index in [0.717, 1.165) is 24.8 Å². The summed E-state index contributed by atoms with van der Waals surface area (Å²) in [6.45, 7) is 5.09. The predicted octanol–water partition coefficient (Wildman–Crippen LogP) is 0.808. The van der Waals surface area contributed by atoms with Crippen LogP contribution >= 0.6 is 0 Å². The molecule has 0 aromatic rings. The molecule has 0 spiro atoms. The molecule has 1 aliphatic heterocycles. The smallest absolute Gasteiger partial charge is 0.154 e. The van der Waals surface area contributed by atoms with E-state index in [-0.39, 0.29) is 11.3 Å². The molecular weight excluding hydrogens is 198 g/mol. The van der Waals surface area contributed by atoms with Crippen LogP contribution in [-0.4, -0.2) is 32.0 Å². The highest BCUT2D eigenvalue weighted by atomic mass is 32.2. The Morgan fingerprint density at radius 2 is 2.00 bits per heavy atom. The molecule has 0 bridgehead atoms. The summed E-state index contributed by atoms with van der Waals surface area (Å²) in [5.41, 5.74) is 0. The zero-order valence-electron chi connectivity index (χ0n) is 8.86. The second-order valence-electron chi connectivity index (χ2n) is 4.85. The van der Waals surface area contributed by atoms with Crippen LogP contribution < -0.4 is 5.32 Å². The fraction of sp³-hybridized carbons (Fsp3) is 1.00. The molecule has 2 fully saturated rings. The first-order chi connectivity index (χ1) is 6.50. The van der Waals surface area contributed by atoms with Gasteiger partial charge in [0.25, 0.3) is 0 Å². The summed E-state index contributed by atoms with van der Waals surface area (Å²) in [6.07, 6.45) is 2.10. The Balaban J connectivity index is 1.82. The van der Waals surface area contributed by atoms with E-state index in [1.807, 2.05) is 6.92 Å². The molecule has 14 heavy (non-hydrogen) atoms. The highest BCUT2D eigenvalue weighted by molar-refractivity contribution is 7.92. The maximum absolute atomic E-state index is 11.5. The largest absolute Gasteiger partial charge is 0.312 e. The Hall–Kier alpha value is -0.0900. The van der Waals surface area contributed by atoms with E-state index in [1.54, 1.807) is 0 Å². The third kappa shape index (κ3) is 1.96. The lowest BCUT2D eigenvalue weighted by Crippen LogP contribution is -2.37. The summed E-state index contributed by atoms with van der Waals surface area (Å²) in [6, 6.07) is 0.202. The third-order valence-corrected chi connectivity index (χ3v) is 6.03. The highest BCUT2D eigenvalue weighted by Gasteiger charge is 2.38. The van der Waals surface area contributed by atoms with E-state index >= 15 is 0 Å². The van der Waals surface area contributed by atoms with Gasteiger partial charge in [-0.2, -0.15) is 0 Å². The van der Waals surface area contributed by atoms with Crippen LogP contribution in [0.5, 0.6) is 0 Å². The lowest BCUT2D eigenvalue weighted by atomic mass is 10.1. The summed E-state index contributed by atoms with van der Waals surface area (Å²) >= 11 is 0. The average Bonchev–Trinajstić information content (AvgIpc) is 2.74. The molecule has 1 N–H and O–H groups in total. The number of hydrogen-bond acceptors (Lipinski definition) is 3. The quantitative estimate of drug-likeness (QED) is 0.761. The monoisotopic (exact) mass is 217 g/mol. The lowest BCUT2D eigenvalue weighted by molar-refractivity contribution is 0.484. The van der Waals surface area contributed by atoms with Crippen molar-refractivity contribution in [3.05, 3.63) is 0 Å². The molecule has 0 radical (unpaired) electrons. The molecule has 2 aliphatic rings. The summed E-state index contributed by atoms with van der Waals surface area (Å²) in [7, 11) is -2.78. The Morgan fingerprint density at radius 1 is 1.36 bits per heavy atom. The molecule has 82 valence electrons. The van der Waals surface area contributed by atoms with Gasteiger partial charge in [0.05, 0.1) is 11.0 Å². The van der Waals surface area contributed by atoms with Gasteiger partial charge in [-0.15, -0.1) is 0 Å². The van der Waals surface area contributed by atoms with Crippen molar-refractivity contribution in [3.8, 4) is 0 Å². The number of rotatable bonds is 3. The van der Waals surface area contributed by atoms with Gasteiger partial charge >= 0.3 is 0 Å². The van der Waals surface area contributed by atoms with Gasteiger partial charge in [0.1, 0.15) is 0 Å². The first-order valence-corrected chi connectivity index (χ1v) is 7.17. The van der Waals surface area contributed by atoms with Gasteiger partial charge in [-0.3, -0.25) is 0 Å². The maximum atomic E-state index is 11.5. The summed E-state index contributed by atoms with van der Waals surface area (Å²) in [5, 5.41) is 3.22. The molecule has 3 nitrogen and oxygen atoms in total. The Kier molecular flexibility index (Phi) is 2.60. The van der Waals surface area contributed by atoms with Gasteiger partial charge in [-0.1, -0.05) is 6.92 Å². The highest BCUT2D eigenvalue weighted by Crippen LogP contribution is 2.37. The molecule has 1 saturated carbocycles. The molecule has 0 aromatic carbocycles. The minimum absolute atomic E-state index is 0.184. The fourth-order valence-corrected chi connectivity index (χ4v) is 3.90. The zero-order valence-corrected chi connectivity index (χ0v) is 9.68. The molecule has 1 heterocycles. The number of sulfone groups is 1. The fourth-order valence-electron chi connectivity index (χ4n) is 2.22. The molecule has 0 aromatic heterocycles. The maximum Gasteiger partial charge on any atom is 0.154 e. The van der Waals surface area contributed by atoms with Crippen LogP contribution in [0.15, 0.2) is 0 Å². The Morgan fingerprint density at radius 3 is 2.43 bits per heavy atom. The van der Waals surface area contributed by atoms with Crippen LogP contribution in [0.2, 0.25) is 0 Å². The van der Waals surface area contributed by atoms with Gasteiger partial charge in [0.15, 0.2) is 9.84 Å². The normalized spacial score (nSPS) is 45.3. The Labute approximate surface area is 86.2 Å². The van der Waals surface area contributed by atoms with Crippen molar-refractivity contribution in [2.45, 2.75) is 38.0 Å². The van der Waals surface area contributed by atoms with Crippen LogP contribution in [0.25, 0.3) is 0 Å². The van der Waals surface area contributed by atoms with Crippen molar-refractivity contribution in [1.82, 2.24) is 5.32 Å². The predicted molar refractivity (Wildman–Crippen MR) is 56.9 cm³/mol. The van der Waals surface area contributed by atoms with Crippen molar-refractivity contribution in [3.63, 3.8) is 0 Å².